The van der Waals surface area contributed by atoms with Crippen LogP contribution in [0.3, 0.4) is 0 Å². The molecule has 0 radical (unpaired) electrons. The second kappa shape index (κ2) is 7.78. The van der Waals surface area contributed by atoms with E-state index in [4.69, 9.17) is 20.1 Å². The third kappa shape index (κ3) is 3.42. The number of rotatable bonds is 6. The van der Waals surface area contributed by atoms with Gasteiger partial charge in [0.05, 0.1) is 32.5 Å². The van der Waals surface area contributed by atoms with E-state index in [2.05, 4.69) is 16.7 Å². The first-order chi connectivity index (χ1) is 13.1. The molecule has 2 N–H and O–H groups in total. The summed E-state index contributed by atoms with van der Waals surface area (Å²) in [5.74, 6) is 7.24. The van der Waals surface area contributed by atoms with Gasteiger partial charge in [0.15, 0.2) is 11.5 Å². The predicted octanol–water partition coefficient (Wildman–Crippen LogP) is 3.64. The van der Waals surface area contributed by atoms with Crippen molar-refractivity contribution in [1.29, 1.82) is 0 Å². The van der Waals surface area contributed by atoms with E-state index in [0.717, 1.165) is 16.5 Å². The molecule has 6 nitrogen and oxygen atoms in total. The molecule has 0 atom stereocenters. The molecule has 138 valence electrons. The Bertz CT molecular complexity index is 1000. The summed E-state index contributed by atoms with van der Waals surface area (Å²) < 4.78 is 16.2. The third-order valence-corrected chi connectivity index (χ3v) is 4.27. The van der Waals surface area contributed by atoms with Gasteiger partial charge < -0.3 is 20.1 Å². The van der Waals surface area contributed by atoms with Crippen molar-refractivity contribution in [1.82, 2.24) is 4.98 Å². The minimum atomic E-state index is 0.482. The van der Waals surface area contributed by atoms with Crippen molar-refractivity contribution in [2.24, 2.45) is 10.9 Å². The molecule has 0 bridgehead atoms. The van der Waals surface area contributed by atoms with Gasteiger partial charge in [0.25, 0.3) is 0 Å². The molecule has 1 heterocycles. The fourth-order valence-corrected chi connectivity index (χ4v) is 2.89. The van der Waals surface area contributed by atoms with Crippen LogP contribution in [0.5, 0.6) is 17.2 Å². The quantitative estimate of drug-likeness (QED) is 0.411. The summed E-state index contributed by atoms with van der Waals surface area (Å²) in [6.45, 7) is 4.16. The lowest BCUT2D eigenvalue weighted by Crippen LogP contribution is -2.09. The SMILES string of the molecule is C=C(/C(=N\N)c1ccc2ccccc2n1)c1cc(OC)c(OC)c(OC)c1. The van der Waals surface area contributed by atoms with Crippen LogP contribution < -0.4 is 20.1 Å². The highest BCUT2D eigenvalue weighted by atomic mass is 16.5. The van der Waals surface area contributed by atoms with Crippen LogP contribution in [0, 0.1) is 0 Å². The lowest BCUT2D eigenvalue weighted by molar-refractivity contribution is 0.324. The summed E-state index contributed by atoms with van der Waals surface area (Å²) >= 11 is 0. The van der Waals surface area contributed by atoms with Gasteiger partial charge in [-0.25, -0.2) is 4.98 Å². The van der Waals surface area contributed by atoms with Gasteiger partial charge in [-0.3, -0.25) is 0 Å². The number of hydrogen-bond acceptors (Lipinski definition) is 6. The summed E-state index contributed by atoms with van der Waals surface area (Å²) in [4.78, 5) is 4.65. The van der Waals surface area contributed by atoms with Crippen molar-refractivity contribution in [2.75, 3.05) is 21.3 Å². The average Bonchev–Trinajstić information content (AvgIpc) is 2.72. The van der Waals surface area contributed by atoms with E-state index in [9.17, 15) is 0 Å². The molecule has 3 rings (SSSR count). The molecule has 0 spiro atoms. The normalized spacial score (nSPS) is 11.3. The topological polar surface area (TPSA) is 79.0 Å². The summed E-state index contributed by atoms with van der Waals surface area (Å²) in [6.07, 6.45) is 0. The molecule has 6 heteroatoms. The van der Waals surface area contributed by atoms with Crippen LogP contribution in [-0.4, -0.2) is 32.0 Å². The monoisotopic (exact) mass is 363 g/mol. The fraction of sp³-hybridized carbons (Fsp3) is 0.143. The van der Waals surface area contributed by atoms with E-state index in [0.29, 0.717) is 34.2 Å². The number of ether oxygens (including phenoxy) is 3. The van der Waals surface area contributed by atoms with Crippen molar-refractivity contribution in [3.05, 3.63) is 66.4 Å². The summed E-state index contributed by atoms with van der Waals surface area (Å²) in [5, 5.41) is 4.97. The molecule has 0 aliphatic heterocycles. The molecule has 0 saturated carbocycles. The molecule has 0 aliphatic carbocycles. The average molecular weight is 363 g/mol. The highest BCUT2D eigenvalue weighted by Crippen LogP contribution is 2.40. The van der Waals surface area contributed by atoms with Crippen molar-refractivity contribution in [3.8, 4) is 17.2 Å². The minimum absolute atomic E-state index is 0.482. The van der Waals surface area contributed by atoms with Crippen LogP contribution in [0.4, 0.5) is 0 Å². The van der Waals surface area contributed by atoms with Gasteiger partial charge >= 0.3 is 0 Å². The van der Waals surface area contributed by atoms with E-state index >= 15 is 0 Å². The van der Waals surface area contributed by atoms with E-state index in [1.165, 1.54) is 0 Å². The molecule has 27 heavy (non-hydrogen) atoms. The molecule has 0 unspecified atom stereocenters. The van der Waals surface area contributed by atoms with E-state index in [1.807, 2.05) is 36.4 Å². The molecular weight excluding hydrogens is 342 g/mol. The van der Waals surface area contributed by atoms with Gasteiger partial charge in [0.1, 0.15) is 5.71 Å². The van der Waals surface area contributed by atoms with Gasteiger partial charge in [0, 0.05) is 11.0 Å². The summed E-state index contributed by atoms with van der Waals surface area (Å²) in [6, 6.07) is 15.3. The van der Waals surface area contributed by atoms with Crippen LogP contribution >= 0.6 is 0 Å². The Morgan fingerprint density at radius 1 is 0.963 bits per heavy atom. The van der Waals surface area contributed by atoms with E-state index < -0.39 is 0 Å². The lowest BCUT2D eigenvalue weighted by atomic mass is 9.99. The van der Waals surface area contributed by atoms with Crippen LogP contribution in [0.15, 0.2) is 60.2 Å². The van der Waals surface area contributed by atoms with E-state index in [1.54, 1.807) is 33.5 Å². The van der Waals surface area contributed by atoms with Gasteiger partial charge in [0.2, 0.25) is 5.75 Å². The minimum Gasteiger partial charge on any atom is -0.493 e. The molecular formula is C21H21N3O3. The molecule has 3 aromatic rings. The van der Waals surface area contributed by atoms with Gasteiger partial charge in [-0.2, -0.15) is 5.10 Å². The first-order valence-electron chi connectivity index (χ1n) is 8.26. The Labute approximate surface area is 157 Å². The summed E-state index contributed by atoms with van der Waals surface area (Å²) in [5.41, 5.74) is 3.31. The maximum atomic E-state index is 5.68. The number of hydrogen-bond donors (Lipinski definition) is 1. The smallest absolute Gasteiger partial charge is 0.203 e. The second-order valence-electron chi connectivity index (χ2n) is 5.76. The predicted molar refractivity (Wildman–Crippen MR) is 108 cm³/mol. The number of aromatic nitrogens is 1. The zero-order valence-corrected chi connectivity index (χ0v) is 15.5. The van der Waals surface area contributed by atoms with Crippen molar-refractivity contribution in [2.45, 2.75) is 0 Å². The molecule has 1 aromatic heterocycles. The Morgan fingerprint density at radius 2 is 1.63 bits per heavy atom. The zero-order chi connectivity index (χ0) is 19.4. The molecule has 0 aliphatic rings. The molecule has 0 amide bonds. The van der Waals surface area contributed by atoms with Gasteiger partial charge in [-0.05, 0) is 29.8 Å². The van der Waals surface area contributed by atoms with Crippen LogP contribution in [0.1, 0.15) is 11.3 Å². The highest BCUT2D eigenvalue weighted by Gasteiger charge is 2.18. The number of methoxy groups -OCH3 is 3. The number of pyridine rings is 1. The Balaban J connectivity index is 2.06. The molecule has 0 saturated heterocycles. The van der Waals surface area contributed by atoms with Crippen molar-refractivity contribution < 1.29 is 14.2 Å². The van der Waals surface area contributed by atoms with E-state index in [-0.39, 0.29) is 0 Å². The number of para-hydroxylation sites is 1. The number of hydrazone groups is 1. The Morgan fingerprint density at radius 3 is 2.22 bits per heavy atom. The standard InChI is InChI=1S/C21H21N3O3/c1-13(15-11-18(25-2)21(27-4)19(12-15)26-3)20(24-22)17-10-9-14-7-5-6-8-16(14)23-17/h5-12H,1,22H2,2-4H3/b24-20+. The first-order valence-corrected chi connectivity index (χ1v) is 8.26. The van der Waals surface area contributed by atoms with Gasteiger partial charge in [-0.15, -0.1) is 0 Å². The highest BCUT2D eigenvalue weighted by molar-refractivity contribution is 6.30. The largest absolute Gasteiger partial charge is 0.493 e. The Kier molecular flexibility index (Phi) is 5.26. The summed E-state index contributed by atoms with van der Waals surface area (Å²) in [7, 11) is 4.68. The third-order valence-electron chi connectivity index (χ3n) is 4.27. The fourth-order valence-electron chi connectivity index (χ4n) is 2.89. The second-order valence-corrected chi connectivity index (χ2v) is 5.76. The first kappa shape index (κ1) is 18.3. The number of nitrogens with two attached hydrogens (primary N) is 1. The zero-order valence-electron chi connectivity index (χ0n) is 15.5. The Hall–Kier alpha value is -3.54. The lowest BCUT2D eigenvalue weighted by Gasteiger charge is -2.16. The molecule has 0 fully saturated rings. The van der Waals surface area contributed by atoms with Crippen LogP contribution in [-0.2, 0) is 0 Å². The number of nitrogens with zero attached hydrogens (tertiary/aromatic N) is 2. The number of allylic oxidation sites excluding steroid dienone is 1. The maximum absolute atomic E-state index is 5.68. The maximum Gasteiger partial charge on any atom is 0.203 e. The van der Waals surface area contributed by atoms with Crippen LogP contribution in [0.25, 0.3) is 16.5 Å². The molecule has 2 aromatic carbocycles. The van der Waals surface area contributed by atoms with Crippen molar-refractivity contribution in [3.63, 3.8) is 0 Å². The number of benzene rings is 2. The number of fused-ring (bicyclic) bond motifs is 1. The van der Waals surface area contributed by atoms with Crippen molar-refractivity contribution >= 4 is 22.2 Å². The van der Waals surface area contributed by atoms with Crippen LogP contribution in [0.2, 0.25) is 0 Å². The van der Waals surface area contributed by atoms with Gasteiger partial charge in [-0.1, -0.05) is 30.8 Å².